The van der Waals surface area contributed by atoms with Crippen LogP contribution in [0.4, 0.5) is 0 Å². The summed E-state index contributed by atoms with van der Waals surface area (Å²) in [6.07, 6.45) is 0. The van der Waals surface area contributed by atoms with Crippen molar-refractivity contribution in [1.29, 1.82) is 0 Å². The predicted octanol–water partition coefficient (Wildman–Crippen LogP) is 2.63. The predicted molar refractivity (Wildman–Crippen MR) is 99.4 cm³/mol. The summed E-state index contributed by atoms with van der Waals surface area (Å²) in [6.45, 7) is 7.89. The van der Waals surface area contributed by atoms with Gasteiger partial charge in [-0.1, -0.05) is 18.2 Å². The maximum atomic E-state index is 12.4. The van der Waals surface area contributed by atoms with Crippen LogP contribution in [0.25, 0.3) is 0 Å². The van der Waals surface area contributed by atoms with Crippen LogP contribution < -0.4 is 10.0 Å². The van der Waals surface area contributed by atoms with Gasteiger partial charge in [0.25, 0.3) is 5.91 Å². The van der Waals surface area contributed by atoms with E-state index in [0.29, 0.717) is 11.1 Å². The minimum absolute atomic E-state index is 0.131. The fraction of sp³-hybridized carbons (Fsp3) is 0.316. The number of benzene rings is 2. The standard InChI is InChI=1S/C19H24N2O3S/c1-13-5-6-15(3)18(11-13)25(23,24)21-10-9-20-19(22)17-8-7-14(2)16(4)12-17/h5-8,11-12,21H,9-10H2,1-4H3,(H,20,22). The highest BCUT2D eigenvalue weighted by Gasteiger charge is 2.16. The third-order valence-corrected chi connectivity index (χ3v) is 5.71. The SMILES string of the molecule is Cc1ccc(C)c(S(=O)(=O)NCCNC(=O)c2ccc(C)c(C)c2)c1. The average Bonchev–Trinajstić information content (AvgIpc) is 2.56. The van der Waals surface area contributed by atoms with Crippen molar-refractivity contribution in [2.24, 2.45) is 0 Å². The quantitative estimate of drug-likeness (QED) is 0.778. The summed E-state index contributed by atoms with van der Waals surface area (Å²) in [4.78, 5) is 12.4. The molecule has 0 spiro atoms. The number of sulfonamides is 1. The van der Waals surface area contributed by atoms with Gasteiger partial charge in [-0.25, -0.2) is 13.1 Å². The Kier molecular flexibility index (Phi) is 5.98. The van der Waals surface area contributed by atoms with Crippen molar-refractivity contribution in [3.05, 3.63) is 64.2 Å². The first kappa shape index (κ1) is 19.1. The molecule has 2 N–H and O–H groups in total. The highest BCUT2D eigenvalue weighted by Crippen LogP contribution is 2.16. The molecular weight excluding hydrogens is 336 g/mol. The number of carbonyl (C=O) groups excluding carboxylic acids is 1. The van der Waals surface area contributed by atoms with Crippen molar-refractivity contribution < 1.29 is 13.2 Å². The number of hydrogen-bond acceptors (Lipinski definition) is 3. The molecule has 0 atom stereocenters. The first-order valence-corrected chi connectivity index (χ1v) is 9.61. The van der Waals surface area contributed by atoms with Crippen molar-refractivity contribution >= 4 is 15.9 Å². The Morgan fingerprint density at radius 2 is 1.56 bits per heavy atom. The van der Waals surface area contributed by atoms with Gasteiger partial charge < -0.3 is 5.32 Å². The van der Waals surface area contributed by atoms with Crippen molar-refractivity contribution in [2.45, 2.75) is 32.6 Å². The third-order valence-electron chi connectivity index (χ3n) is 4.10. The Labute approximate surface area is 149 Å². The molecule has 0 aliphatic heterocycles. The van der Waals surface area contributed by atoms with Gasteiger partial charge in [-0.2, -0.15) is 0 Å². The minimum Gasteiger partial charge on any atom is -0.351 e. The molecule has 0 heterocycles. The summed E-state index contributed by atoms with van der Waals surface area (Å²) in [6, 6.07) is 10.8. The molecule has 0 aliphatic carbocycles. The largest absolute Gasteiger partial charge is 0.351 e. The molecule has 0 aliphatic rings. The highest BCUT2D eigenvalue weighted by atomic mass is 32.2. The fourth-order valence-corrected chi connectivity index (χ4v) is 3.78. The molecule has 0 radical (unpaired) electrons. The van der Waals surface area contributed by atoms with Crippen LogP contribution in [-0.2, 0) is 10.0 Å². The van der Waals surface area contributed by atoms with Crippen LogP contribution >= 0.6 is 0 Å². The summed E-state index contributed by atoms with van der Waals surface area (Å²) >= 11 is 0. The van der Waals surface area contributed by atoms with Gasteiger partial charge in [0.15, 0.2) is 0 Å². The lowest BCUT2D eigenvalue weighted by Crippen LogP contribution is -2.35. The Hall–Kier alpha value is -2.18. The van der Waals surface area contributed by atoms with Gasteiger partial charge in [-0.05, 0) is 68.1 Å². The zero-order valence-corrected chi connectivity index (χ0v) is 15.8. The van der Waals surface area contributed by atoms with Gasteiger partial charge in [0.05, 0.1) is 4.90 Å². The van der Waals surface area contributed by atoms with Gasteiger partial charge in [0, 0.05) is 18.7 Å². The second-order valence-electron chi connectivity index (χ2n) is 6.22. The molecule has 5 nitrogen and oxygen atoms in total. The minimum atomic E-state index is -3.59. The second kappa shape index (κ2) is 7.80. The van der Waals surface area contributed by atoms with Gasteiger partial charge in [-0.3, -0.25) is 4.79 Å². The van der Waals surface area contributed by atoms with Crippen LogP contribution in [0.3, 0.4) is 0 Å². The molecule has 0 bridgehead atoms. The smallest absolute Gasteiger partial charge is 0.251 e. The number of rotatable bonds is 6. The van der Waals surface area contributed by atoms with Gasteiger partial charge in [0.2, 0.25) is 10.0 Å². The maximum Gasteiger partial charge on any atom is 0.251 e. The fourth-order valence-electron chi connectivity index (χ4n) is 2.42. The van der Waals surface area contributed by atoms with E-state index in [2.05, 4.69) is 10.0 Å². The van der Waals surface area contributed by atoms with Crippen LogP contribution in [-0.4, -0.2) is 27.4 Å². The summed E-state index contributed by atoms with van der Waals surface area (Å²) in [5.41, 5.74) is 4.31. The van der Waals surface area contributed by atoms with E-state index >= 15 is 0 Å². The molecule has 2 aromatic carbocycles. The van der Waals surface area contributed by atoms with E-state index in [1.54, 1.807) is 25.1 Å². The zero-order chi connectivity index (χ0) is 18.6. The summed E-state index contributed by atoms with van der Waals surface area (Å²) < 4.78 is 27.3. The molecule has 134 valence electrons. The molecule has 2 rings (SSSR count). The molecule has 2 aromatic rings. The van der Waals surface area contributed by atoms with Crippen LogP contribution in [0.1, 0.15) is 32.6 Å². The lowest BCUT2D eigenvalue weighted by atomic mass is 10.1. The lowest BCUT2D eigenvalue weighted by Gasteiger charge is -2.11. The molecular formula is C19H24N2O3S. The number of carbonyl (C=O) groups is 1. The number of amides is 1. The van der Waals surface area contributed by atoms with Crippen molar-refractivity contribution in [3.63, 3.8) is 0 Å². The van der Waals surface area contributed by atoms with Gasteiger partial charge in [0.1, 0.15) is 0 Å². The van der Waals surface area contributed by atoms with E-state index in [9.17, 15) is 13.2 Å². The van der Waals surface area contributed by atoms with E-state index in [0.717, 1.165) is 16.7 Å². The van der Waals surface area contributed by atoms with Gasteiger partial charge >= 0.3 is 0 Å². The van der Waals surface area contributed by atoms with Crippen molar-refractivity contribution in [1.82, 2.24) is 10.0 Å². The van der Waals surface area contributed by atoms with Crippen LogP contribution in [0.5, 0.6) is 0 Å². The van der Waals surface area contributed by atoms with E-state index in [-0.39, 0.29) is 23.9 Å². The lowest BCUT2D eigenvalue weighted by molar-refractivity contribution is 0.0954. The molecule has 0 aromatic heterocycles. The second-order valence-corrected chi connectivity index (χ2v) is 7.96. The summed E-state index contributed by atoms with van der Waals surface area (Å²) in [5.74, 6) is -0.214. The maximum absolute atomic E-state index is 12.4. The van der Waals surface area contributed by atoms with Crippen molar-refractivity contribution in [2.75, 3.05) is 13.1 Å². The van der Waals surface area contributed by atoms with Gasteiger partial charge in [-0.15, -0.1) is 0 Å². The molecule has 1 amide bonds. The molecule has 0 unspecified atom stereocenters. The number of nitrogens with one attached hydrogen (secondary N) is 2. The van der Waals surface area contributed by atoms with Crippen LogP contribution in [0.15, 0.2) is 41.3 Å². The number of hydrogen-bond donors (Lipinski definition) is 2. The third kappa shape index (κ3) is 4.90. The van der Waals surface area contributed by atoms with Crippen molar-refractivity contribution in [3.8, 4) is 0 Å². The Bertz CT molecular complexity index is 890. The van der Waals surface area contributed by atoms with E-state index in [4.69, 9.17) is 0 Å². The Morgan fingerprint density at radius 3 is 2.24 bits per heavy atom. The first-order chi connectivity index (χ1) is 11.7. The van der Waals surface area contributed by atoms with Crippen LogP contribution in [0, 0.1) is 27.7 Å². The zero-order valence-electron chi connectivity index (χ0n) is 15.0. The highest BCUT2D eigenvalue weighted by molar-refractivity contribution is 7.89. The van der Waals surface area contributed by atoms with Crippen LogP contribution in [0.2, 0.25) is 0 Å². The molecule has 0 fully saturated rings. The summed E-state index contributed by atoms with van der Waals surface area (Å²) in [5, 5.41) is 2.73. The number of aryl methyl sites for hydroxylation is 4. The Balaban J connectivity index is 1.92. The molecule has 6 heteroatoms. The molecule has 0 saturated carbocycles. The molecule has 0 saturated heterocycles. The van der Waals surface area contributed by atoms with E-state index in [1.807, 2.05) is 39.0 Å². The topological polar surface area (TPSA) is 75.3 Å². The Morgan fingerprint density at radius 1 is 0.880 bits per heavy atom. The molecule has 25 heavy (non-hydrogen) atoms. The van der Waals surface area contributed by atoms with E-state index in [1.165, 1.54) is 0 Å². The first-order valence-electron chi connectivity index (χ1n) is 8.13. The summed E-state index contributed by atoms with van der Waals surface area (Å²) in [7, 11) is -3.59. The average molecular weight is 360 g/mol. The normalized spacial score (nSPS) is 11.4. The van der Waals surface area contributed by atoms with E-state index < -0.39 is 10.0 Å². The monoisotopic (exact) mass is 360 g/mol.